The van der Waals surface area contributed by atoms with Gasteiger partial charge in [-0.25, -0.2) is 9.59 Å². The van der Waals surface area contributed by atoms with Gasteiger partial charge in [-0.1, -0.05) is 11.6 Å². The van der Waals surface area contributed by atoms with Gasteiger partial charge in [-0.15, -0.1) is 0 Å². The molecule has 0 aliphatic heterocycles. The predicted octanol–water partition coefficient (Wildman–Crippen LogP) is 2.27. The van der Waals surface area contributed by atoms with E-state index in [-0.39, 0.29) is 11.3 Å². The Bertz CT molecular complexity index is 955. The standard InChI is InChI=1S/C19H22N2O6/c1-10-6-7-14-12(8-10)13(22)9-15(27-14)17(24)26-11(2)16(23)20-18(25)21-19(3,4)5/h6-9,11H,1-5H3,(H2,20,21,23,25)/t11-/m1/s1. The molecule has 1 aromatic heterocycles. The summed E-state index contributed by atoms with van der Waals surface area (Å²) in [4.78, 5) is 48.0. The number of fused-ring (bicyclic) bond motifs is 1. The number of esters is 1. The predicted molar refractivity (Wildman–Crippen MR) is 98.5 cm³/mol. The van der Waals surface area contributed by atoms with E-state index in [0.717, 1.165) is 11.6 Å². The van der Waals surface area contributed by atoms with Crippen molar-refractivity contribution in [3.63, 3.8) is 0 Å². The number of amides is 3. The van der Waals surface area contributed by atoms with E-state index in [9.17, 15) is 19.2 Å². The smallest absolute Gasteiger partial charge is 0.375 e. The second-order valence-corrected chi connectivity index (χ2v) is 7.22. The Balaban J connectivity index is 2.09. The quantitative estimate of drug-likeness (QED) is 0.797. The van der Waals surface area contributed by atoms with Gasteiger partial charge in [0.15, 0.2) is 11.5 Å². The molecule has 2 N–H and O–H groups in total. The third-order valence-corrected chi connectivity index (χ3v) is 3.46. The lowest BCUT2D eigenvalue weighted by Gasteiger charge is -2.21. The first kappa shape index (κ1) is 20.2. The highest BCUT2D eigenvalue weighted by Crippen LogP contribution is 2.15. The summed E-state index contributed by atoms with van der Waals surface area (Å²) in [7, 11) is 0. The number of hydrogen-bond donors (Lipinski definition) is 2. The Kier molecular flexibility index (Phi) is 5.68. The Morgan fingerprint density at radius 1 is 1.15 bits per heavy atom. The summed E-state index contributed by atoms with van der Waals surface area (Å²) < 4.78 is 10.4. The molecular weight excluding hydrogens is 352 g/mol. The molecule has 0 unspecified atom stereocenters. The molecule has 0 aliphatic carbocycles. The van der Waals surface area contributed by atoms with Gasteiger partial charge in [-0.2, -0.15) is 0 Å². The van der Waals surface area contributed by atoms with Crippen molar-refractivity contribution in [2.75, 3.05) is 0 Å². The van der Waals surface area contributed by atoms with Crippen LogP contribution in [0, 0.1) is 6.92 Å². The van der Waals surface area contributed by atoms with Crippen LogP contribution < -0.4 is 16.1 Å². The van der Waals surface area contributed by atoms with Gasteiger partial charge in [0.1, 0.15) is 5.58 Å². The van der Waals surface area contributed by atoms with E-state index >= 15 is 0 Å². The first-order chi connectivity index (χ1) is 12.5. The average molecular weight is 374 g/mol. The Morgan fingerprint density at radius 2 is 1.81 bits per heavy atom. The van der Waals surface area contributed by atoms with Gasteiger partial charge >= 0.3 is 12.0 Å². The van der Waals surface area contributed by atoms with Crippen LogP contribution in [0.5, 0.6) is 0 Å². The van der Waals surface area contributed by atoms with Gasteiger partial charge in [0.25, 0.3) is 5.91 Å². The van der Waals surface area contributed by atoms with Gasteiger partial charge < -0.3 is 14.5 Å². The van der Waals surface area contributed by atoms with E-state index in [1.165, 1.54) is 6.92 Å². The number of carbonyl (C=O) groups is 3. The van der Waals surface area contributed by atoms with Gasteiger partial charge in [0.05, 0.1) is 5.39 Å². The van der Waals surface area contributed by atoms with Gasteiger partial charge in [0.2, 0.25) is 5.76 Å². The monoisotopic (exact) mass is 374 g/mol. The number of hydrogen-bond acceptors (Lipinski definition) is 6. The Hall–Kier alpha value is -3.16. The van der Waals surface area contributed by atoms with Crippen LogP contribution in [0.3, 0.4) is 0 Å². The largest absolute Gasteiger partial charge is 0.449 e. The molecule has 0 spiro atoms. The molecule has 1 aromatic carbocycles. The highest BCUT2D eigenvalue weighted by Gasteiger charge is 2.24. The van der Waals surface area contributed by atoms with E-state index in [0.29, 0.717) is 5.39 Å². The van der Waals surface area contributed by atoms with Crippen LogP contribution in [0.2, 0.25) is 0 Å². The number of benzene rings is 1. The van der Waals surface area contributed by atoms with Crippen molar-refractivity contribution >= 4 is 28.9 Å². The molecule has 8 heteroatoms. The van der Waals surface area contributed by atoms with Crippen molar-refractivity contribution < 1.29 is 23.5 Å². The highest BCUT2D eigenvalue weighted by molar-refractivity contribution is 5.98. The lowest BCUT2D eigenvalue weighted by molar-refractivity contribution is -0.128. The molecule has 0 radical (unpaired) electrons. The van der Waals surface area contributed by atoms with Crippen LogP contribution in [-0.4, -0.2) is 29.6 Å². The summed E-state index contributed by atoms with van der Waals surface area (Å²) in [6.07, 6.45) is -1.26. The first-order valence-electron chi connectivity index (χ1n) is 8.35. The average Bonchev–Trinajstić information content (AvgIpc) is 2.53. The minimum Gasteiger partial charge on any atom is -0.449 e. The summed E-state index contributed by atoms with van der Waals surface area (Å²) in [5, 5.41) is 4.98. The highest BCUT2D eigenvalue weighted by atomic mass is 16.6. The summed E-state index contributed by atoms with van der Waals surface area (Å²) in [6, 6.07) is 5.28. The Morgan fingerprint density at radius 3 is 2.44 bits per heavy atom. The number of carbonyl (C=O) groups excluding carboxylic acids is 3. The lowest BCUT2D eigenvalue weighted by atomic mass is 10.1. The Labute approximate surface area is 155 Å². The van der Waals surface area contributed by atoms with Gasteiger partial charge in [-0.3, -0.25) is 14.9 Å². The SMILES string of the molecule is Cc1ccc2oc(C(=O)O[C@H](C)C(=O)NC(=O)NC(C)(C)C)cc(=O)c2c1. The normalized spacial score (nSPS) is 12.3. The fraction of sp³-hybridized carbons (Fsp3) is 0.368. The van der Waals surface area contributed by atoms with E-state index in [4.69, 9.17) is 9.15 Å². The van der Waals surface area contributed by atoms with Crippen molar-refractivity contribution in [2.24, 2.45) is 0 Å². The third-order valence-electron chi connectivity index (χ3n) is 3.46. The number of nitrogens with one attached hydrogen (secondary N) is 2. The minimum atomic E-state index is -1.26. The maximum atomic E-state index is 12.2. The second-order valence-electron chi connectivity index (χ2n) is 7.22. The maximum Gasteiger partial charge on any atom is 0.375 e. The molecule has 144 valence electrons. The maximum absolute atomic E-state index is 12.2. The number of imide groups is 1. The van der Waals surface area contributed by atoms with Crippen LogP contribution in [0.15, 0.2) is 33.5 Å². The molecule has 1 atom stereocenters. The number of aryl methyl sites for hydroxylation is 1. The third kappa shape index (κ3) is 5.40. The zero-order chi connectivity index (χ0) is 20.4. The molecule has 0 bridgehead atoms. The van der Waals surface area contributed by atoms with Crippen molar-refractivity contribution in [1.82, 2.24) is 10.6 Å². The molecule has 0 fully saturated rings. The fourth-order valence-electron chi connectivity index (χ4n) is 2.23. The first-order valence-corrected chi connectivity index (χ1v) is 8.35. The van der Waals surface area contributed by atoms with E-state index < -0.39 is 35.0 Å². The molecule has 8 nitrogen and oxygen atoms in total. The summed E-state index contributed by atoms with van der Waals surface area (Å²) >= 11 is 0. The molecular formula is C19H22N2O6. The van der Waals surface area contributed by atoms with Crippen molar-refractivity contribution in [3.05, 3.63) is 45.8 Å². The number of rotatable bonds is 3. The summed E-state index contributed by atoms with van der Waals surface area (Å²) in [6.45, 7) is 8.40. The van der Waals surface area contributed by atoms with Gasteiger partial charge in [0, 0.05) is 11.6 Å². The van der Waals surface area contributed by atoms with Crippen LogP contribution in [0.25, 0.3) is 11.0 Å². The van der Waals surface area contributed by atoms with Crippen LogP contribution in [0.4, 0.5) is 4.79 Å². The minimum absolute atomic E-state index is 0.238. The van der Waals surface area contributed by atoms with Crippen molar-refractivity contribution in [1.29, 1.82) is 0 Å². The molecule has 2 rings (SSSR count). The topological polar surface area (TPSA) is 115 Å². The van der Waals surface area contributed by atoms with E-state index in [1.807, 2.05) is 6.92 Å². The van der Waals surface area contributed by atoms with Crippen molar-refractivity contribution in [2.45, 2.75) is 46.3 Å². The molecule has 1 heterocycles. The lowest BCUT2D eigenvalue weighted by Crippen LogP contribution is -2.50. The molecule has 27 heavy (non-hydrogen) atoms. The van der Waals surface area contributed by atoms with E-state index in [1.54, 1.807) is 39.0 Å². The molecule has 3 amide bonds. The van der Waals surface area contributed by atoms with E-state index in [2.05, 4.69) is 10.6 Å². The fourth-order valence-corrected chi connectivity index (χ4v) is 2.23. The molecule has 0 aliphatic rings. The van der Waals surface area contributed by atoms with Crippen LogP contribution >= 0.6 is 0 Å². The van der Waals surface area contributed by atoms with Gasteiger partial charge in [-0.05, 0) is 46.8 Å². The summed E-state index contributed by atoms with van der Waals surface area (Å²) in [5.41, 5.74) is 0.191. The van der Waals surface area contributed by atoms with Crippen molar-refractivity contribution in [3.8, 4) is 0 Å². The second kappa shape index (κ2) is 7.61. The zero-order valence-corrected chi connectivity index (χ0v) is 15.8. The zero-order valence-electron chi connectivity index (χ0n) is 15.8. The summed E-state index contributed by atoms with van der Waals surface area (Å²) in [5.74, 6) is -2.10. The molecule has 2 aromatic rings. The number of ether oxygens (including phenoxy) is 1. The molecule has 0 saturated heterocycles. The number of urea groups is 1. The van der Waals surface area contributed by atoms with Crippen LogP contribution in [-0.2, 0) is 9.53 Å². The molecule has 0 saturated carbocycles. The van der Waals surface area contributed by atoms with Crippen LogP contribution in [0.1, 0.15) is 43.8 Å².